The molecule has 0 spiro atoms. The molecule has 6 heteroatoms. The van der Waals surface area contributed by atoms with E-state index in [1.807, 2.05) is 13.8 Å². The number of hydrogen-bond acceptors (Lipinski definition) is 4. The molecule has 1 aromatic rings. The number of ketones is 1. The highest BCUT2D eigenvalue weighted by atomic mass is 16.5. The third kappa shape index (κ3) is 3.94. The van der Waals surface area contributed by atoms with Gasteiger partial charge >= 0.3 is 5.97 Å². The Bertz CT molecular complexity index is 686. The molecule has 138 valence electrons. The maximum Gasteiger partial charge on any atom is 0.354 e. The largest absolute Gasteiger partial charge is 0.464 e. The van der Waals surface area contributed by atoms with Crippen LogP contribution in [0.4, 0.5) is 0 Å². The number of carbonyl (C=O) groups excluding carboxylic acids is 3. The van der Waals surface area contributed by atoms with Gasteiger partial charge in [-0.25, -0.2) is 4.79 Å². The summed E-state index contributed by atoms with van der Waals surface area (Å²) in [6.45, 7) is 9.58. The van der Waals surface area contributed by atoms with E-state index in [2.05, 4.69) is 4.98 Å². The highest BCUT2D eigenvalue weighted by molar-refractivity contribution is 6.06. The van der Waals surface area contributed by atoms with Crippen LogP contribution >= 0.6 is 0 Å². The average molecular weight is 348 g/mol. The Kier molecular flexibility index (Phi) is 5.70. The Morgan fingerprint density at radius 3 is 2.28 bits per heavy atom. The van der Waals surface area contributed by atoms with Crippen LogP contribution in [0, 0.1) is 25.7 Å². The molecule has 0 radical (unpaired) electrons. The number of rotatable bonds is 7. The van der Waals surface area contributed by atoms with Gasteiger partial charge < -0.3 is 14.6 Å². The van der Waals surface area contributed by atoms with E-state index >= 15 is 0 Å². The lowest BCUT2D eigenvalue weighted by Crippen LogP contribution is -2.46. The molecule has 1 N–H and O–H groups in total. The molecular weight excluding hydrogens is 320 g/mol. The number of nitrogens with zero attached hydrogens (tertiary/aromatic N) is 1. The van der Waals surface area contributed by atoms with Crippen molar-refractivity contribution in [3.63, 3.8) is 0 Å². The van der Waals surface area contributed by atoms with Crippen LogP contribution in [0.2, 0.25) is 0 Å². The first-order valence-electron chi connectivity index (χ1n) is 8.81. The first-order valence-corrected chi connectivity index (χ1v) is 8.81. The number of hydrogen-bond donors (Lipinski definition) is 1. The van der Waals surface area contributed by atoms with Crippen molar-refractivity contribution in [2.45, 2.75) is 53.5 Å². The van der Waals surface area contributed by atoms with Crippen molar-refractivity contribution in [2.75, 3.05) is 13.7 Å². The lowest BCUT2D eigenvalue weighted by atomic mass is 9.98. The number of Topliss-reactive ketones (excluding diaryl/α,β-unsaturated/α-hetero) is 1. The molecule has 25 heavy (non-hydrogen) atoms. The van der Waals surface area contributed by atoms with E-state index < -0.39 is 12.0 Å². The Morgan fingerprint density at radius 1 is 1.20 bits per heavy atom. The van der Waals surface area contributed by atoms with Crippen molar-refractivity contribution in [3.05, 3.63) is 22.5 Å². The highest BCUT2D eigenvalue weighted by Gasteiger charge is 2.35. The topological polar surface area (TPSA) is 79.5 Å². The summed E-state index contributed by atoms with van der Waals surface area (Å²) in [5, 5.41) is 0. The molecule has 0 bridgehead atoms. The SMILES string of the molecule is COC(=O)c1[nH]c(C)c(C(=O)C(C)N(CC2CC2)C(=O)C(C)C)c1C. The van der Waals surface area contributed by atoms with Gasteiger partial charge in [0.15, 0.2) is 5.78 Å². The molecule has 1 heterocycles. The molecule has 6 nitrogen and oxygen atoms in total. The average Bonchev–Trinajstić information content (AvgIpc) is 3.34. The molecule has 0 aliphatic heterocycles. The first-order chi connectivity index (χ1) is 11.7. The van der Waals surface area contributed by atoms with Crippen molar-refractivity contribution < 1.29 is 19.1 Å². The number of amides is 1. The Balaban J connectivity index is 2.32. The van der Waals surface area contributed by atoms with E-state index in [9.17, 15) is 14.4 Å². The smallest absolute Gasteiger partial charge is 0.354 e. The Morgan fingerprint density at radius 2 is 1.80 bits per heavy atom. The van der Waals surface area contributed by atoms with E-state index in [0.29, 0.717) is 35.0 Å². The summed E-state index contributed by atoms with van der Waals surface area (Å²) in [7, 11) is 1.31. The number of carbonyl (C=O) groups is 3. The number of ether oxygens (including phenoxy) is 1. The quantitative estimate of drug-likeness (QED) is 0.607. The minimum atomic E-state index is -0.561. The number of aromatic nitrogens is 1. The zero-order valence-electron chi connectivity index (χ0n) is 15.9. The summed E-state index contributed by atoms with van der Waals surface area (Å²) in [5.41, 5.74) is 1.97. The summed E-state index contributed by atoms with van der Waals surface area (Å²) in [6.07, 6.45) is 2.22. The van der Waals surface area contributed by atoms with Crippen LogP contribution in [0.3, 0.4) is 0 Å². The van der Waals surface area contributed by atoms with Crippen LogP contribution in [-0.2, 0) is 9.53 Å². The zero-order chi connectivity index (χ0) is 18.9. The van der Waals surface area contributed by atoms with Crippen LogP contribution in [-0.4, -0.2) is 47.2 Å². The molecule has 1 aliphatic rings. The van der Waals surface area contributed by atoms with Crippen molar-refractivity contribution >= 4 is 17.7 Å². The lowest BCUT2D eigenvalue weighted by Gasteiger charge is -2.30. The molecule has 0 saturated heterocycles. The monoisotopic (exact) mass is 348 g/mol. The Labute approximate surface area is 148 Å². The van der Waals surface area contributed by atoms with Gasteiger partial charge in [0.25, 0.3) is 0 Å². The number of nitrogens with one attached hydrogen (secondary N) is 1. The van der Waals surface area contributed by atoms with Crippen molar-refractivity contribution in [1.82, 2.24) is 9.88 Å². The van der Waals surface area contributed by atoms with Gasteiger partial charge in [-0.3, -0.25) is 9.59 Å². The molecule has 2 rings (SSSR count). The van der Waals surface area contributed by atoms with Crippen LogP contribution in [0.5, 0.6) is 0 Å². The minimum absolute atomic E-state index is 0.00761. The second-order valence-corrected chi connectivity index (χ2v) is 7.25. The summed E-state index contributed by atoms with van der Waals surface area (Å²) in [6, 6.07) is -0.561. The third-order valence-corrected chi connectivity index (χ3v) is 4.85. The lowest BCUT2D eigenvalue weighted by molar-refractivity contribution is -0.136. The van der Waals surface area contributed by atoms with Crippen LogP contribution in [0.15, 0.2) is 0 Å². The van der Waals surface area contributed by atoms with Crippen molar-refractivity contribution in [2.24, 2.45) is 11.8 Å². The molecule has 1 unspecified atom stereocenters. The Hall–Kier alpha value is -2.11. The van der Waals surface area contributed by atoms with Gasteiger partial charge in [-0.05, 0) is 45.1 Å². The van der Waals surface area contributed by atoms with E-state index in [4.69, 9.17) is 4.74 Å². The van der Waals surface area contributed by atoms with Gasteiger partial charge in [-0.2, -0.15) is 0 Å². The van der Waals surface area contributed by atoms with E-state index in [-0.39, 0.29) is 17.6 Å². The molecule has 0 aromatic carbocycles. The molecule has 1 amide bonds. The van der Waals surface area contributed by atoms with Crippen LogP contribution < -0.4 is 0 Å². The summed E-state index contributed by atoms with van der Waals surface area (Å²) in [4.78, 5) is 42.2. The standard InChI is InChI=1S/C19H28N2O4/c1-10(2)18(23)21(9-14-7-8-14)13(5)17(22)15-11(3)16(19(24)25-6)20-12(15)4/h10,13-14,20H,7-9H2,1-6H3. The normalized spacial score (nSPS) is 15.2. The van der Waals surface area contributed by atoms with Gasteiger partial charge in [-0.15, -0.1) is 0 Å². The van der Waals surface area contributed by atoms with Gasteiger partial charge in [0, 0.05) is 23.7 Å². The van der Waals surface area contributed by atoms with Crippen molar-refractivity contribution in [1.29, 1.82) is 0 Å². The minimum Gasteiger partial charge on any atom is -0.464 e. The molecule has 1 fully saturated rings. The maximum absolute atomic E-state index is 13.1. The number of aryl methyl sites for hydroxylation is 1. The number of H-pyrrole nitrogens is 1. The van der Waals surface area contributed by atoms with E-state index in [1.165, 1.54) is 7.11 Å². The molecule has 1 saturated carbocycles. The van der Waals surface area contributed by atoms with Crippen LogP contribution in [0.25, 0.3) is 0 Å². The summed E-state index contributed by atoms with van der Waals surface area (Å²) < 4.78 is 4.76. The highest BCUT2D eigenvalue weighted by Crippen LogP contribution is 2.31. The fourth-order valence-electron chi connectivity index (χ4n) is 3.13. The predicted molar refractivity (Wildman–Crippen MR) is 94.7 cm³/mol. The number of methoxy groups -OCH3 is 1. The summed E-state index contributed by atoms with van der Waals surface area (Å²) in [5.74, 6) is -0.312. The third-order valence-electron chi connectivity index (χ3n) is 4.85. The fourth-order valence-corrected chi connectivity index (χ4v) is 3.13. The second kappa shape index (κ2) is 7.42. The molecule has 1 aliphatic carbocycles. The zero-order valence-corrected chi connectivity index (χ0v) is 15.9. The maximum atomic E-state index is 13.1. The summed E-state index contributed by atoms with van der Waals surface area (Å²) >= 11 is 0. The van der Waals surface area contributed by atoms with Crippen molar-refractivity contribution in [3.8, 4) is 0 Å². The molecule has 1 aromatic heterocycles. The van der Waals surface area contributed by atoms with E-state index in [1.54, 1.807) is 25.7 Å². The van der Waals surface area contributed by atoms with Gasteiger partial charge in [0.05, 0.1) is 13.2 Å². The predicted octanol–water partition coefficient (Wildman–Crippen LogP) is 2.88. The first kappa shape index (κ1) is 19.2. The van der Waals surface area contributed by atoms with Gasteiger partial charge in [0.1, 0.15) is 5.69 Å². The second-order valence-electron chi connectivity index (χ2n) is 7.25. The van der Waals surface area contributed by atoms with Gasteiger partial charge in [-0.1, -0.05) is 13.8 Å². The van der Waals surface area contributed by atoms with Crippen LogP contribution in [0.1, 0.15) is 65.7 Å². The number of esters is 1. The number of aromatic amines is 1. The van der Waals surface area contributed by atoms with E-state index in [0.717, 1.165) is 12.8 Å². The fraction of sp³-hybridized carbons (Fsp3) is 0.632. The van der Waals surface area contributed by atoms with Gasteiger partial charge in [0.2, 0.25) is 5.91 Å². The molecular formula is C19H28N2O4. The molecule has 1 atom stereocenters.